The van der Waals surface area contributed by atoms with Gasteiger partial charge in [-0.15, -0.1) is 0 Å². The van der Waals surface area contributed by atoms with Crippen LogP contribution in [0.4, 0.5) is 5.69 Å². The zero-order valence-electron chi connectivity index (χ0n) is 20.3. The van der Waals surface area contributed by atoms with Gasteiger partial charge in [-0.3, -0.25) is 29.0 Å². The van der Waals surface area contributed by atoms with E-state index < -0.39 is 0 Å². The third-order valence-corrected chi connectivity index (χ3v) is 6.85. The van der Waals surface area contributed by atoms with Crippen LogP contribution in [0.3, 0.4) is 0 Å². The second-order valence-corrected chi connectivity index (χ2v) is 9.46. The molecular formula is C29H30N2O4. The van der Waals surface area contributed by atoms with Crippen molar-refractivity contribution in [2.75, 3.05) is 11.9 Å². The Morgan fingerprint density at radius 1 is 0.714 bits per heavy atom. The van der Waals surface area contributed by atoms with Gasteiger partial charge in [-0.1, -0.05) is 48.8 Å². The molecule has 0 aliphatic carbocycles. The molecule has 6 heteroatoms. The van der Waals surface area contributed by atoms with Gasteiger partial charge in [0.1, 0.15) is 0 Å². The molecule has 0 spiro atoms. The van der Waals surface area contributed by atoms with Crippen molar-refractivity contribution in [3.8, 4) is 11.8 Å². The first kappa shape index (κ1) is 24.4. The maximum atomic E-state index is 12.9. The molecule has 4 rings (SSSR count). The first-order chi connectivity index (χ1) is 16.8. The van der Waals surface area contributed by atoms with Gasteiger partial charge >= 0.3 is 0 Å². The van der Waals surface area contributed by atoms with Crippen LogP contribution >= 0.6 is 0 Å². The molecule has 2 unspecified atom stereocenters. The normalized spacial score (nSPS) is 19.9. The lowest BCUT2D eigenvalue weighted by atomic mass is 9.96. The van der Waals surface area contributed by atoms with E-state index in [4.69, 9.17) is 0 Å². The Labute approximate surface area is 206 Å². The summed E-state index contributed by atoms with van der Waals surface area (Å²) in [6.07, 6.45) is 4.39. The monoisotopic (exact) mass is 470 g/mol. The molecule has 0 N–H and O–H groups in total. The fourth-order valence-electron chi connectivity index (χ4n) is 4.68. The van der Waals surface area contributed by atoms with Crippen molar-refractivity contribution in [2.45, 2.75) is 51.9 Å². The predicted octanol–water partition coefficient (Wildman–Crippen LogP) is 4.23. The van der Waals surface area contributed by atoms with E-state index in [0.29, 0.717) is 24.9 Å². The van der Waals surface area contributed by atoms with E-state index in [-0.39, 0.29) is 41.9 Å². The zero-order chi connectivity index (χ0) is 24.9. The largest absolute Gasteiger partial charge is 0.285 e. The minimum Gasteiger partial charge on any atom is -0.285 e. The van der Waals surface area contributed by atoms with Crippen LogP contribution in [-0.4, -0.2) is 35.6 Å². The number of unbranched alkanes of at least 4 members (excludes halogenated alkanes) is 2. The standard InChI is InChI=1S/C29H30N2O4/c1-20-8-10-21(11-9-20)12-13-22-14-16-25(17-15-22)31-27(33)19-24(29(31)35)7-5-3-4-6-23-18-26(32)30(2)28(23)34/h8-11,14-17,23-24H,3-7,18-19H2,1-2H3. The summed E-state index contributed by atoms with van der Waals surface area (Å²) < 4.78 is 0. The number of imide groups is 2. The second kappa shape index (κ2) is 10.7. The Morgan fingerprint density at radius 3 is 1.77 bits per heavy atom. The van der Waals surface area contributed by atoms with Crippen molar-refractivity contribution in [1.29, 1.82) is 0 Å². The van der Waals surface area contributed by atoms with Gasteiger partial charge in [-0.25, -0.2) is 0 Å². The second-order valence-electron chi connectivity index (χ2n) is 9.46. The van der Waals surface area contributed by atoms with Gasteiger partial charge in [0.2, 0.25) is 23.6 Å². The molecule has 2 saturated heterocycles. The summed E-state index contributed by atoms with van der Waals surface area (Å²) in [7, 11) is 1.53. The lowest BCUT2D eigenvalue weighted by molar-refractivity contribution is -0.137. The minimum absolute atomic E-state index is 0.0886. The van der Waals surface area contributed by atoms with E-state index in [1.54, 1.807) is 12.1 Å². The summed E-state index contributed by atoms with van der Waals surface area (Å²) in [5.41, 5.74) is 3.52. The number of likely N-dealkylation sites (tertiary alicyclic amines) is 1. The molecule has 2 aromatic carbocycles. The summed E-state index contributed by atoms with van der Waals surface area (Å²) in [5, 5.41) is 0. The molecule has 4 amide bonds. The number of aryl methyl sites for hydroxylation is 1. The van der Waals surface area contributed by atoms with Gasteiger partial charge in [0, 0.05) is 42.9 Å². The molecule has 2 fully saturated rings. The van der Waals surface area contributed by atoms with Crippen LogP contribution in [0.25, 0.3) is 0 Å². The molecule has 2 aliphatic heterocycles. The molecule has 0 aromatic heterocycles. The summed E-state index contributed by atoms with van der Waals surface area (Å²) in [5.74, 6) is 5.22. The Hall–Kier alpha value is -3.72. The average Bonchev–Trinajstić information content (AvgIpc) is 3.27. The number of hydrogen-bond acceptors (Lipinski definition) is 4. The number of anilines is 1. The zero-order valence-corrected chi connectivity index (χ0v) is 20.3. The number of carbonyl (C=O) groups is 4. The molecule has 2 aliphatic rings. The Balaban J connectivity index is 1.26. The van der Waals surface area contributed by atoms with Crippen LogP contribution in [-0.2, 0) is 19.2 Å². The van der Waals surface area contributed by atoms with Crippen LogP contribution in [0.1, 0.15) is 61.6 Å². The van der Waals surface area contributed by atoms with E-state index in [0.717, 1.165) is 30.4 Å². The smallest absolute Gasteiger partial charge is 0.237 e. The van der Waals surface area contributed by atoms with E-state index in [1.807, 2.05) is 43.3 Å². The molecule has 0 bridgehead atoms. The third-order valence-electron chi connectivity index (χ3n) is 6.85. The highest BCUT2D eigenvalue weighted by Gasteiger charge is 2.39. The summed E-state index contributed by atoms with van der Waals surface area (Å²) in [6, 6.07) is 15.2. The Morgan fingerprint density at radius 2 is 1.23 bits per heavy atom. The van der Waals surface area contributed by atoms with Crippen molar-refractivity contribution in [3.63, 3.8) is 0 Å². The predicted molar refractivity (Wildman–Crippen MR) is 133 cm³/mol. The van der Waals surface area contributed by atoms with E-state index >= 15 is 0 Å². The molecule has 0 saturated carbocycles. The maximum absolute atomic E-state index is 12.9. The van der Waals surface area contributed by atoms with Gasteiger partial charge in [-0.05, 0) is 56.2 Å². The number of benzene rings is 2. The number of rotatable bonds is 7. The topological polar surface area (TPSA) is 74.8 Å². The quantitative estimate of drug-likeness (QED) is 0.345. The van der Waals surface area contributed by atoms with Crippen LogP contribution in [0.15, 0.2) is 48.5 Å². The summed E-state index contributed by atoms with van der Waals surface area (Å²) in [4.78, 5) is 51.6. The van der Waals surface area contributed by atoms with Crippen molar-refractivity contribution in [1.82, 2.24) is 4.90 Å². The van der Waals surface area contributed by atoms with Crippen molar-refractivity contribution < 1.29 is 19.2 Å². The van der Waals surface area contributed by atoms with Crippen LogP contribution in [0.5, 0.6) is 0 Å². The number of hydrogen-bond donors (Lipinski definition) is 0. The molecule has 2 atom stereocenters. The SMILES string of the molecule is Cc1ccc(C#Cc2ccc(N3C(=O)CC(CCCCCC4CC(=O)N(C)C4=O)C3=O)cc2)cc1. The highest BCUT2D eigenvalue weighted by atomic mass is 16.2. The lowest BCUT2D eigenvalue weighted by Gasteiger charge is -2.15. The first-order valence-electron chi connectivity index (χ1n) is 12.2. The highest BCUT2D eigenvalue weighted by molar-refractivity contribution is 6.20. The number of nitrogens with zero attached hydrogens (tertiary/aromatic N) is 2. The third kappa shape index (κ3) is 5.68. The molecule has 6 nitrogen and oxygen atoms in total. The summed E-state index contributed by atoms with van der Waals surface area (Å²) >= 11 is 0. The molecule has 35 heavy (non-hydrogen) atoms. The highest BCUT2D eigenvalue weighted by Crippen LogP contribution is 2.30. The lowest BCUT2D eigenvalue weighted by Crippen LogP contribution is -2.30. The molecular weight excluding hydrogens is 440 g/mol. The van der Waals surface area contributed by atoms with Gasteiger partial charge in [0.05, 0.1) is 5.69 Å². The van der Waals surface area contributed by atoms with E-state index in [1.165, 1.54) is 22.4 Å². The number of amides is 4. The van der Waals surface area contributed by atoms with Crippen LogP contribution in [0, 0.1) is 30.6 Å². The minimum atomic E-state index is -0.302. The van der Waals surface area contributed by atoms with Crippen molar-refractivity contribution >= 4 is 29.3 Å². The van der Waals surface area contributed by atoms with Gasteiger partial charge in [0.15, 0.2) is 0 Å². The summed E-state index contributed by atoms with van der Waals surface area (Å²) in [6.45, 7) is 2.03. The Bertz CT molecular complexity index is 1190. The molecule has 180 valence electrons. The van der Waals surface area contributed by atoms with Crippen molar-refractivity contribution in [2.24, 2.45) is 11.8 Å². The number of carbonyl (C=O) groups excluding carboxylic acids is 4. The average molecular weight is 471 g/mol. The van der Waals surface area contributed by atoms with Crippen molar-refractivity contribution in [3.05, 3.63) is 65.2 Å². The molecule has 0 radical (unpaired) electrons. The van der Waals surface area contributed by atoms with Crippen LogP contribution in [0.2, 0.25) is 0 Å². The fourth-order valence-corrected chi connectivity index (χ4v) is 4.68. The first-order valence-corrected chi connectivity index (χ1v) is 12.2. The van der Waals surface area contributed by atoms with Gasteiger partial charge in [0.25, 0.3) is 0 Å². The van der Waals surface area contributed by atoms with E-state index in [2.05, 4.69) is 11.8 Å². The van der Waals surface area contributed by atoms with E-state index in [9.17, 15) is 19.2 Å². The Kier molecular flexibility index (Phi) is 7.45. The van der Waals surface area contributed by atoms with Gasteiger partial charge in [-0.2, -0.15) is 0 Å². The maximum Gasteiger partial charge on any atom is 0.237 e. The van der Waals surface area contributed by atoms with Crippen LogP contribution < -0.4 is 4.90 Å². The van der Waals surface area contributed by atoms with Gasteiger partial charge < -0.3 is 0 Å². The molecule has 2 heterocycles. The molecule has 2 aromatic rings. The fraction of sp³-hybridized carbons (Fsp3) is 0.379.